The van der Waals surface area contributed by atoms with E-state index in [0.717, 1.165) is 30.6 Å². The molecule has 1 aromatic heterocycles. The lowest BCUT2D eigenvalue weighted by molar-refractivity contribution is -0.386. The summed E-state index contributed by atoms with van der Waals surface area (Å²) in [6.45, 7) is 5.18. The highest BCUT2D eigenvalue weighted by Crippen LogP contribution is 2.50. The van der Waals surface area contributed by atoms with Gasteiger partial charge in [-0.1, -0.05) is 13.8 Å². The van der Waals surface area contributed by atoms with Gasteiger partial charge in [0.05, 0.1) is 4.92 Å². The molecule has 2 aliphatic rings. The fourth-order valence-electron chi connectivity index (χ4n) is 5.04. The average Bonchev–Trinajstić information content (AvgIpc) is 2.38. The van der Waals surface area contributed by atoms with Crippen LogP contribution in [-0.4, -0.2) is 9.49 Å². The second-order valence-corrected chi connectivity index (χ2v) is 7.85. The Kier molecular flexibility index (Phi) is 3.83. The Morgan fingerprint density at radius 3 is 2.55 bits per heavy atom. The highest BCUT2D eigenvalue weighted by atomic mass is 16.6. The van der Waals surface area contributed by atoms with Crippen molar-refractivity contribution in [2.45, 2.75) is 52.5 Å². The van der Waals surface area contributed by atoms with Crippen molar-refractivity contribution in [1.82, 2.24) is 4.57 Å². The summed E-state index contributed by atoms with van der Waals surface area (Å²) in [5, 5.41) is 10.9. The number of aromatic nitrogens is 1. The first-order chi connectivity index (χ1) is 10.4. The van der Waals surface area contributed by atoms with Gasteiger partial charge in [-0.15, -0.1) is 0 Å². The molecule has 3 rings (SSSR count). The van der Waals surface area contributed by atoms with Crippen LogP contribution >= 0.6 is 0 Å². The number of hydrogen-bond acceptors (Lipinski definition) is 3. The Morgan fingerprint density at radius 2 is 1.95 bits per heavy atom. The van der Waals surface area contributed by atoms with Crippen molar-refractivity contribution in [2.75, 3.05) is 0 Å². The number of pyridine rings is 1. The summed E-state index contributed by atoms with van der Waals surface area (Å²) in [4.78, 5) is 22.6. The zero-order valence-electron chi connectivity index (χ0n) is 13.3. The Labute approximate surface area is 130 Å². The standard InChI is InChI=1S/C17H24N2O3/c1-12-6-13-8-14(7-12)10-17(2,9-13)11-18-5-3-4-15(16(18)20)19(21)22/h3-5,12-14H,6-11H2,1-2H3. The molecule has 0 N–H and O–H groups in total. The second-order valence-electron chi connectivity index (χ2n) is 7.85. The van der Waals surface area contributed by atoms with Crippen LogP contribution in [0.4, 0.5) is 5.69 Å². The van der Waals surface area contributed by atoms with Gasteiger partial charge in [0.2, 0.25) is 0 Å². The number of hydrogen-bond donors (Lipinski definition) is 0. The third-order valence-electron chi connectivity index (χ3n) is 5.45. The third kappa shape index (κ3) is 2.94. The predicted octanol–water partition coefficient (Wildman–Crippen LogP) is 3.61. The van der Waals surface area contributed by atoms with Crippen LogP contribution in [-0.2, 0) is 6.54 Å². The van der Waals surface area contributed by atoms with E-state index < -0.39 is 10.5 Å². The van der Waals surface area contributed by atoms with E-state index in [4.69, 9.17) is 0 Å². The molecule has 2 unspecified atom stereocenters. The van der Waals surface area contributed by atoms with Crippen LogP contribution in [0.2, 0.25) is 0 Å². The fourth-order valence-corrected chi connectivity index (χ4v) is 5.04. The number of nitro groups is 1. The van der Waals surface area contributed by atoms with Crippen molar-refractivity contribution in [3.63, 3.8) is 0 Å². The molecule has 1 aromatic rings. The van der Waals surface area contributed by atoms with Crippen molar-refractivity contribution in [1.29, 1.82) is 0 Å². The zero-order chi connectivity index (χ0) is 15.9. The van der Waals surface area contributed by atoms with Gasteiger partial charge in [-0.05, 0) is 61.3 Å². The molecule has 0 aliphatic heterocycles. The highest BCUT2D eigenvalue weighted by molar-refractivity contribution is 5.25. The molecule has 1 heterocycles. The zero-order valence-corrected chi connectivity index (χ0v) is 13.3. The van der Waals surface area contributed by atoms with E-state index in [1.807, 2.05) is 0 Å². The van der Waals surface area contributed by atoms with Crippen LogP contribution in [0.1, 0.15) is 46.0 Å². The smallest absolute Gasteiger partial charge is 0.309 e. The van der Waals surface area contributed by atoms with Gasteiger partial charge in [0.15, 0.2) is 0 Å². The minimum absolute atomic E-state index is 0.0762. The molecule has 2 bridgehead atoms. The SMILES string of the molecule is CC1CC2CC(C1)CC(C)(Cn1cccc([N+](=O)[O-])c1=O)C2. The van der Waals surface area contributed by atoms with E-state index in [2.05, 4.69) is 13.8 Å². The maximum absolute atomic E-state index is 12.2. The predicted molar refractivity (Wildman–Crippen MR) is 84.7 cm³/mol. The number of rotatable bonds is 3. The maximum Gasteiger partial charge on any atom is 0.334 e. The largest absolute Gasteiger partial charge is 0.334 e. The first-order valence-corrected chi connectivity index (χ1v) is 8.20. The van der Waals surface area contributed by atoms with Crippen molar-refractivity contribution in [2.24, 2.45) is 23.2 Å². The van der Waals surface area contributed by atoms with Gasteiger partial charge in [0.1, 0.15) is 0 Å². The molecule has 0 aromatic carbocycles. The van der Waals surface area contributed by atoms with Crippen LogP contribution in [0.15, 0.2) is 23.1 Å². The van der Waals surface area contributed by atoms with Crippen LogP contribution < -0.4 is 5.56 Å². The molecule has 5 heteroatoms. The molecule has 22 heavy (non-hydrogen) atoms. The number of nitrogens with zero attached hydrogens (tertiary/aromatic N) is 2. The van der Waals surface area contributed by atoms with Crippen LogP contribution in [0, 0.1) is 33.3 Å². The molecule has 2 aliphatic carbocycles. The molecule has 0 saturated heterocycles. The van der Waals surface area contributed by atoms with Crippen molar-refractivity contribution < 1.29 is 4.92 Å². The molecular formula is C17H24N2O3. The molecular weight excluding hydrogens is 280 g/mol. The fraction of sp³-hybridized carbons (Fsp3) is 0.706. The quantitative estimate of drug-likeness (QED) is 0.633. The lowest BCUT2D eigenvalue weighted by Crippen LogP contribution is -2.40. The Morgan fingerprint density at radius 1 is 1.32 bits per heavy atom. The van der Waals surface area contributed by atoms with E-state index in [1.165, 1.54) is 25.3 Å². The van der Waals surface area contributed by atoms with E-state index in [-0.39, 0.29) is 11.1 Å². The van der Waals surface area contributed by atoms with Crippen molar-refractivity contribution >= 4 is 5.69 Å². The minimum atomic E-state index is -0.585. The molecule has 2 atom stereocenters. The first kappa shape index (κ1) is 15.3. The summed E-state index contributed by atoms with van der Waals surface area (Å²) in [6.07, 6.45) is 7.84. The molecule has 0 spiro atoms. The normalized spacial score (nSPS) is 34.4. The van der Waals surface area contributed by atoms with Gasteiger partial charge < -0.3 is 4.57 Å². The summed E-state index contributed by atoms with van der Waals surface area (Å²) in [5.74, 6) is 2.32. The summed E-state index contributed by atoms with van der Waals surface area (Å²) in [5.41, 5.74) is -0.721. The van der Waals surface area contributed by atoms with E-state index >= 15 is 0 Å². The van der Waals surface area contributed by atoms with E-state index in [1.54, 1.807) is 16.8 Å². The molecule has 120 valence electrons. The highest BCUT2D eigenvalue weighted by Gasteiger charge is 2.41. The Bertz CT molecular complexity index is 619. The summed E-state index contributed by atoms with van der Waals surface area (Å²) in [6, 6.07) is 2.90. The second kappa shape index (κ2) is 5.52. The molecule has 0 radical (unpaired) electrons. The van der Waals surface area contributed by atoms with Gasteiger partial charge >= 0.3 is 11.2 Å². The van der Waals surface area contributed by atoms with Gasteiger partial charge in [-0.3, -0.25) is 14.9 Å². The molecule has 2 fully saturated rings. The van der Waals surface area contributed by atoms with Gasteiger partial charge in [0, 0.05) is 18.8 Å². The topological polar surface area (TPSA) is 65.1 Å². The first-order valence-electron chi connectivity index (χ1n) is 8.20. The van der Waals surface area contributed by atoms with Crippen molar-refractivity contribution in [3.8, 4) is 0 Å². The summed E-state index contributed by atoms with van der Waals surface area (Å²) in [7, 11) is 0. The average molecular weight is 304 g/mol. The Hall–Kier alpha value is -1.65. The lowest BCUT2D eigenvalue weighted by Gasteiger charge is -2.47. The van der Waals surface area contributed by atoms with Gasteiger partial charge in [-0.25, -0.2) is 0 Å². The van der Waals surface area contributed by atoms with Crippen molar-refractivity contribution in [3.05, 3.63) is 38.8 Å². The lowest BCUT2D eigenvalue weighted by atomic mass is 9.59. The summed E-state index contributed by atoms with van der Waals surface area (Å²) >= 11 is 0. The third-order valence-corrected chi connectivity index (χ3v) is 5.45. The van der Waals surface area contributed by atoms with Gasteiger partial charge in [0.25, 0.3) is 0 Å². The van der Waals surface area contributed by atoms with E-state index in [0.29, 0.717) is 6.54 Å². The summed E-state index contributed by atoms with van der Waals surface area (Å²) < 4.78 is 1.54. The van der Waals surface area contributed by atoms with E-state index in [9.17, 15) is 14.9 Å². The Balaban J connectivity index is 1.83. The van der Waals surface area contributed by atoms with Crippen LogP contribution in [0.25, 0.3) is 0 Å². The maximum atomic E-state index is 12.2. The molecule has 5 nitrogen and oxygen atoms in total. The molecule has 2 saturated carbocycles. The van der Waals surface area contributed by atoms with Gasteiger partial charge in [-0.2, -0.15) is 0 Å². The minimum Gasteiger partial charge on any atom is -0.309 e. The van der Waals surface area contributed by atoms with Crippen LogP contribution in [0.5, 0.6) is 0 Å². The van der Waals surface area contributed by atoms with Crippen LogP contribution in [0.3, 0.4) is 0 Å². The number of fused-ring (bicyclic) bond motifs is 2. The molecule has 0 amide bonds. The monoisotopic (exact) mass is 304 g/mol.